The van der Waals surface area contributed by atoms with Crippen LogP contribution in [0.1, 0.15) is 24.1 Å². The van der Waals surface area contributed by atoms with E-state index in [0.29, 0.717) is 12.1 Å². The normalized spacial score (nSPS) is 12.4. The zero-order valence-corrected chi connectivity index (χ0v) is 10.5. The minimum Gasteiger partial charge on any atom is -0.508 e. The molecule has 0 saturated carbocycles. The Bertz CT molecular complexity index is 555. The minimum absolute atomic E-state index is 0.202. The van der Waals surface area contributed by atoms with E-state index in [1.165, 1.54) is 6.07 Å². The van der Waals surface area contributed by atoms with Crippen LogP contribution in [0.15, 0.2) is 42.5 Å². The Balaban J connectivity index is 2.03. The molecular formula is C15H15F2NO. The number of phenolic OH excluding ortho intramolecular Hbond substituents is 1. The summed E-state index contributed by atoms with van der Waals surface area (Å²) in [6.07, 6.45) is 0. The van der Waals surface area contributed by atoms with Crippen LogP contribution in [-0.4, -0.2) is 5.11 Å². The van der Waals surface area contributed by atoms with E-state index in [-0.39, 0.29) is 11.8 Å². The Morgan fingerprint density at radius 3 is 2.47 bits per heavy atom. The molecule has 0 heterocycles. The molecule has 0 fully saturated rings. The fraction of sp³-hybridized carbons (Fsp3) is 0.200. The van der Waals surface area contributed by atoms with E-state index in [1.54, 1.807) is 31.2 Å². The molecule has 0 saturated heterocycles. The smallest absolute Gasteiger partial charge is 0.128 e. The summed E-state index contributed by atoms with van der Waals surface area (Å²) < 4.78 is 26.7. The van der Waals surface area contributed by atoms with Crippen molar-refractivity contribution in [2.75, 3.05) is 0 Å². The average Bonchev–Trinajstić information content (AvgIpc) is 2.40. The van der Waals surface area contributed by atoms with Crippen LogP contribution in [0.3, 0.4) is 0 Å². The molecule has 0 aliphatic rings. The lowest BCUT2D eigenvalue weighted by atomic mass is 10.1. The van der Waals surface area contributed by atoms with Gasteiger partial charge in [0.25, 0.3) is 0 Å². The van der Waals surface area contributed by atoms with Gasteiger partial charge in [-0.2, -0.15) is 0 Å². The number of phenols is 1. The van der Waals surface area contributed by atoms with Gasteiger partial charge in [0.05, 0.1) is 0 Å². The molecule has 2 N–H and O–H groups in total. The zero-order valence-electron chi connectivity index (χ0n) is 10.5. The average molecular weight is 263 g/mol. The van der Waals surface area contributed by atoms with Gasteiger partial charge in [-0.3, -0.25) is 0 Å². The van der Waals surface area contributed by atoms with Crippen molar-refractivity contribution < 1.29 is 13.9 Å². The first-order valence-electron chi connectivity index (χ1n) is 6.02. The fourth-order valence-corrected chi connectivity index (χ4v) is 1.84. The van der Waals surface area contributed by atoms with E-state index >= 15 is 0 Å². The van der Waals surface area contributed by atoms with E-state index < -0.39 is 11.6 Å². The maximum absolute atomic E-state index is 13.6. The van der Waals surface area contributed by atoms with Crippen LogP contribution in [0, 0.1) is 11.6 Å². The monoisotopic (exact) mass is 263 g/mol. The van der Waals surface area contributed by atoms with E-state index in [2.05, 4.69) is 5.32 Å². The summed E-state index contributed by atoms with van der Waals surface area (Å²) in [5.74, 6) is -0.672. The van der Waals surface area contributed by atoms with Crippen molar-refractivity contribution in [2.45, 2.75) is 19.5 Å². The third kappa shape index (κ3) is 3.51. The molecule has 0 spiro atoms. The summed E-state index contributed by atoms with van der Waals surface area (Å²) in [6.45, 7) is 2.29. The topological polar surface area (TPSA) is 32.3 Å². The molecule has 0 radical (unpaired) electrons. The molecule has 2 aromatic rings. The quantitative estimate of drug-likeness (QED) is 0.884. The highest BCUT2D eigenvalue weighted by molar-refractivity contribution is 5.26. The van der Waals surface area contributed by atoms with Gasteiger partial charge < -0.3 is 10.4 Å². The highest BCUT2D eigenvalue weighted by Crippen LogP contribution is 2.18. The van der Waals surface area contributed by atoms with Crippen LogP contribution in [0.2, 0.25) is 0 Å². The summed E-state index contributed by atoms with van der Waals surface area (Å²) in [6, 6.07) is 9.85. The van der Waals surface area contributed by atoms with Crippen molar-refractivity contribution in [1.82, 2.24) is 5.32 Å². The second-order valence-electron chi connectivity index (χ2n) is 4.43. The molecule has 0 aromatic heterocycles. The van der Waals surface area contributed by atoms with Crippen molar-refractivity contribution in [2.24, 2.45) is 0 Å². The Morgan fingerprint density at radius 2 is 1.79 bits per heavy atom. The van der Waals surface area contributed by atoms with Gasteiger partial charge in [-0.15, -0.1) is 0 Å². The first-order chi connectivity index (χ1) is 9.06. The van der Waals surface area contributed by atoms with Crippen LogP contribution in [0.25, 0.3) is 0 Å². The first kappa shape index (κ1) is 13.5. The molecule has 0 bridgehead atoms. The number of hydrogen-bond donors (Lipinski definition) is 2. The molecule has 0 aliphatic carbocycles. The second kappa shape index (κ2) is 5.80. The molecule has 2 rings (SSSR count). The minimum atomic E-state index is -0.449. The maximum atomic E-state index is 13.6. The van der Waals surface area contributed by atoms with Crippen LogP contribution in [0.5, 0.6) is 5.75 Å². The predicted octanol–water partition coefficient (Wildman–Crippen LogP) is 3.52. The zero-order chi connectivity index (χ0) is 13.8. The standard InChI is InChI=1S/C15H15F2NO/c1-10(14-8-12(16)4-7-15(14)17)18-9-11-2-5-13(19)6-3-11/h2-8,10,18-19H,9H2,1H3. The van der Waals surface area contributed by atoms with Crippen molar-refractivity contribution in [1.29, 1.82) is 0 Å². The summed E-state index contributed by atoms with van der Waals surface area (Å²) in [7, 11) is 0. The Kier molecular flexibility index (Phi) is 4.12. The largest absolute Gasteiger partial charge is 0.508 e. The number of halogens is 2. The van der Waals surface area contributed by atoms with Gasteiger partial charge in [0.1, 0.15) is 17.4 Å². The molecule has 1 unspecified atom stereocenters. The van der Waals surface area contributed by atoms with Crippen molar-refractivity contribution in [3.63, 3.8) is 0 Å². The molecule has 2 aromatic carbocycles. The Labute approximate surface area is 110 Å². The van der Waals surface area contributed by atoms with Crippen LogP contribution < -0.4 is 5.32 Å². The fourth-order valence-electron chi connectivity index (χ4n) is 1.84. The van der Waals surface area contributed by atoms with E-state index in [4.69, 9.17) is 5.11 Å². The first-order valence-corrected chi connectivity index (χ1v) is 6.02. The lowest BCUT2D eigenvalue weighted by molar-refractivity contribution is 0.474. The molecule has 1 atom stereocenters. The van der Waals surface area contributed by atoms with Crippen LogP contribution >= 0.6 is 0 Å². The molecule has 0 aliphatic heterocycles. The van der Waals surface area contributed by atoms with Crippen LogP contribution in [-0.2, 0) is 6.54 Å². The maximum Gasteiger partial charge on any atom is 0.128 e. The Morgan fingerprint density at radius 1 is 1.11 bits per heavy atom. The molecule has 0 amide bonds. The van der Waals surface area contributed by atoms with Crippen molar-refractivity contribution >= 4 is 0 Å². The number of nitrogens with one attached hydrogen (secondary N) is 1. The van der Waals surface area contributed by atoms with Gasteiger partial charge in [-0.25, -0.2) is 8.78 Å². The third-order valence-electron chi connectivity index (χ3n) is 2.97. The molecule has 4 heteroatoms. The molecule has 100 valence electrons. The Hall–Kier alpha value is -1.94. The van der Waals surface area contributed by atoms with Gasteiger partial charge in [0, 0.05) is 18.2 Å². The predicted molar refractivity (Wildman–Crippen MR) is 69.7 cm³/mol. The van der Waals surface area contributed by atoms with Crippen molar-refractivity contribution in [3.05, 3.63) is 65.2 Å². The molecule has 2 nitrogen and oxygen atoms in total. The highest BCUT2D eigenvalue weighted by atomic mass is 19.1. The van der Waals surface area contributed by atoms with Gasteiger partial charge in [-0.1, -0.05) is 12.1 Å². The lowest BCUT2D eigenvalue weighted by Gasteiger charge is -2.15. The van der Waals surface area contributed by atoms with Gasteiger partial charge >= 0.3 is 0 Å². The van der Waals surface area contributed by atoms with Gasteiger partial charge in [-0.05, 0) is 42.8 Å². The summed E-state index contributed by atoms with van der Waals surface area (Å²) in [4.78, 5) is 0. The third-order valence-corrected chi connectivity index (χ3v) is 2.97. The lowest BCUT2D eigenvalue weighted by Crippen LogP contribution is -2.19. The van der Waals surface area contributed by atoms with Gasteiger partial charge in [0.15, 0.2) is 0 Å². The summed E-state index contributed by atoms with van der Waals surface area (Å²) >= 11 is 0. The molecule has 19 heavy (non-hydrogen) atoms. The van der Waals surface area contributed by atoms with E-state index in [9.17, 15) is 8.78 Å². The van der Waals surface area contributed by atoms with Crippen molar-refractivity contribution in [3.8, 4) is 5.75 Å². The summed E-state index contributed by atoms with van der Waals surface area (Å²) in [5.41, 5.74) is 1.26. The van der Waals surface area contributed by atoms with E-state index in [1.807, 2.05) is 0 Å². The van der Waals surface area contributed by atoms with E-state index in [0.717, 1.165) is 17.7 Å². The number of benzene rings is 2. The summed E-state index contributed by atoms with van der Waals surface area (Å²) in [5, 5.41) is 12.3. The number of rotatable bonds is 4. The number of aromatic hydroxyl groups is 1. The highest BCUT2D eigenvalue weighted by Gasteiger charge is 2.11. The second-order valence-corrected chi connectivity index (χ2v) is 4.43. The molecular weight excluding hydrogens is 248 g/mol. The number of hydrogen-bond acceptors (Lipinski definition) is 2. The van der Waals surface area contributed by atoms with Crippen LogP contribution in [0.4, 0.5) is 8.78 Å². The SMILES string of the molecule is CC(NCc1ccc(O)cc1)c1cc(F)ccc1F. The van der Waals surface area contributed by atoms with Gasteiger partial charge in [0.2, 0.25) is 0 Å².